The molecule has 1 N–H and O–H groups in total. The van der Waals surface area contributed by atoms with Crippen molar-refractivity contribution in [3.8, 4) is 0 Å². The van der Waals surface area contributed by atoms with Crippen LogP contribution in [0, 0.1) is 5.92 Å². The van der Waals surface area contributed by atoms with Gasteiger partial charge in [0.1, 0.15) is 0 Å². The van der Waals surface area contributed by atoms with E-state index < -0.39 is 7.60 Å². The number of carbonyl (C=O) groups excluding carboxylic acids is 1. The average molecular weight is 389 g/mol. The molecule has 0 aliphatic carbocycles. The van der Waals surface area contributed by atoms with Gasteiger partial charge in [0, 0.05) is 24.0 Å². The summed E-state index contributed by atoms with van der Waals surface area (Å²) in [5, 5.41) is 2.88. The molecule has 0 bridgehead atoms. The first kappa shape index (κ1) is 19.7. The Labute approximate surface area is 159 Å². The molecule has 1 amide bonds. The van der Waals surface area contributed by atoms with Crippen molar-refractivity contribution in [1.82, 2.24) is 5.32 Å². The molecule has 1 atom stereocenters. The molecule has 3 rings (SSSR count). The minimum atomic E-state index is -3.11. The molecule has 0 radical (unpaired) electrons. The van der Waals surface area contributed by atoms with Crippen LogP contribution < -0.4 is 5.32 Å². The summed E-state index contributed by atoms with van der Waals surface area (Å²) in [6, 6.07) is 7.49. The normalized spacial score (nSPS) is 19.6. The van der Waals surface area contributed by atoms with Crippen LogP contribution in [0.5, 0.6) is 0 Å². The lowest BCUT2D eigenvalue weighted by molar-refractivity contribution is -0.118. The number of nitrogens with zero attached hydrogens (tertiary/aromatic N) is 2. The topological polar surface area (TPSA) is 89.4 Å². The number of carbonyl (C=O) groups is 1. The van der Waals surface area contributed by atoms with Gasteiger partial charge >= 0.3 is 7.60 Å². The van der Waals surface area contributed by atoms with Crippen LogP contribution in [0.15, 0.2) is 45.6 Å². The quantitative estimate of drug-likeness (QED) is 0.538. The molecule has 27 heavy (non-hydrogen) atoms. The molecule has 8 heteroatoms. The lowest BCUT2D eigenvalue weighted by atomic mass is 10.0. The fraction of sp³-hybridized carbons (Fsp3) is 0.421. The number of allylic oxidation sites excluding steroid dienone is 1. The van der Waals surface area contributed by atoms with Crippen molar-refractivity contribution in [2.75, 3.05) is 13.2 Å². The first-order valence-electron chi connectivity index (χ1n) is 9.09. The zero-order valence-corrected chi connectivity index (χ0v) is 16.4. The fourth-order valence-electron chi connectivity index (χ4n) is 3.07. The van der Waals surface area contributed by atoms with Gasteiger partial charge in [0.2, 0.25) is 5.91 Å². The van der Waals surface area contributed by atoms with E-state index in [1.165, 1.54) is 0 Å². The summed E-state index contributed by atoms with van der Waals surface area (Å²) < 4.78 is 23.3. The van der Waals surface area contributed by atoms with Crippen LogP contribution in [0.4, 0.5) is 5.69 Å². The smallest absolute Gasteiger partial charge is 0.327 e. The zero-order chi connectivity index (χ0) is 19.3. The van der Waals surface area contributed by atoms with Gasteiger partial charge in [-0.15, -0.1) is 0 Å². The Kier molecular flexibility index (Phi) is 6.37. The summed E-state index contributed by atoms with van der Waals surface area (Å²) >= 11 is 0. The molecule has 0 saturated carbocycles. The van der Waals surface area contributed by atoms with E-state index in [9.17, 15) is 9.36 Å². The Morgan fingerprint density at radius 3 is 2.63 bits per heavy atom. The number of amides is 1. The van der Waals surface area contributed by atoms with Crippen molar-refractivity contribution >= 4 is 31.6 Å². The Morgan fingerprint density at radius 2 is 1.96 bits per heavy atom. The van der Waals surface area contributed by atoms with Gasteiger partial charge in [-0.1, -0.05) is 12.1 Å². The maximum atomic E-state index is 12.6. The first-order chi connectivity index (χ1) is 13.0. The highest BCUT2D eigenvalue weighted by molar-refractivity contribution is 7.53. The van der Waals surface area contributed by atoms with E-state index in [0.29, 0.717) is 26.1 Å². The molecule has 7 nitrogen and oxygen atoms in total. The molecule has 0 aromatic heterocycles. The van der Waals surface area contributed by atoms with Gasteiger partial charge in [-0.2, -0.15) is 0 Å². The maximum absolute atomic E-state index is 12.6. The number of hydrogen-bond donors (Lipinski definition) is 1. The summed E-state index contributed by atoms with van der Waals surface area (Å²) in [4.78, 5) is 20.4. The van der Waals surface area contributed by atoms with Crippen molar-refractivity contribution in [2.24, 2.45) is 15.9 Å². The third-order valence-electron chi connectivity index (χ3n) is 4.26. The molecule has 2 aliphatic rings. The lowest BCUT2D eigenvalue weighted by Gasteiger charge is -2.17. The molecule has 2 heterocycles. The first-order valence-corrected chi connectivity index (χ1v) is 10.8. The molecular formula is C19H24N3O4P. The number of aliphatic imine (C=N–C) groups is 2. The molecule has 0 saturated heterocycles. The molecule has 1 aromatic carbocycles. The third-order valence-corrected chi connectivity index (χ3v) is 6.31. The Morgan fingerprint density at radius 1 is 1.26 bits per heavy atom. The van der Waals surface area contributed by atoms with E-state index in [1.54, 1.807) is 13.8 Å². The van der Waals surface area contributed by atoms with E-state index in [0.717, 1.165) is 22.6 Å². The number of benzene rings is 1. The van der Waals surface area contributed by atoms with Gasteiger partial charge in [0.15, 0.2) is 0 Å². The Bertz CT molecular complexity index is 820. The van der Waals surface area contributed by atoms with Gasteiger partial charge in [-0.05, 0) is 38.0 Å². The molecule has 2 aliphatic heterocycles. The summed E-state index contributed by atoms with van der Waals surface area (Å²) in [7, 11) is -3.11. The second kappa shape index (κ2) is 8.74. The highest BCUT2D eigenvalue weighted by Gasteiger charge is 2.28. The molecule has 0 spiro atoms. The molecule has 1 aromatic rings. The lowest BCUT2D eigenvalue weighted by Crippen LogP contribution is -2.23. The van der Waals surface area contributed by atoms with Crippen molar-refractivity contribution in [1.29, 1.82) is 0 Å². The van der Waals surface area contributed by atoms with Gasteiger partial charge in [-0.25, -0.2) is 0 Å². The van der Waals surface area contributed by atoms with Crippen LogP contribution in [0.1, 0.15) is 32.3 Å². The van der Waals surface area contributed by atoms with Crippen molar-refractivity contribution in [3.63, 3.8) is 0 Å². The van der Waals surface area contributed by atoms with Gasteiger partial charge in [0.05, 0.1) is 37.2 Å². The third kappa shape index (κ3) is 5.01. The van der Waals surface area contributed by atoms with Gasteiger partial charge in [-0.3, -0.25) is 19.3 Å². The van der Waals surface area contributed by atoms with Crippen molar-refractivity contribution in [3.05, 3.63) is 41.2 Å². The minimum absolute atomic E-state index is 0.0187. The van der Waals surface area contributed by atoms with Crippen LogP contribution in [-0.4, -0.2) is 31.6 Å². The van der Waals surface area contributed by atoms with E-state index in [4.69, 9.17) is 9.05 Å². The van der Waals surface area contributed by atoms with E-state index in [2.05, 4.69) is 15.3 Å². The van der Waals surface area contributed by atoms with Crippen LogP contribution in [0.2, 0.25) is 0 Å². The molecule has 0 fully saturated rings. The highest BCUT2D eigenvalue weighted by Crippen LogP contribution is 2.51. The standard InChI is InChI=1S/C19H24N3O4P/c1-3-25-27(24,26-4-2)13-14-5-7-16(8-6-14)21-12-15-9-10-20-17-11-18(23)22-19(15)17/h5-8,10,12,15H,3-4,9,11,13H2,1-2H3,(H,22,23). The van der Waals surface area contributed by atoms with Crippen molar-refractivity contribution < 1.29 is 18.4 Å². The molecular weight excluding hydrogens is 365 g/mol. The minimum Gasteiger partial charge on any atom is -0.327 e. The van der Waals surface area contributed by atoms with E-state index >= 15 is 0 Å². The second-order valence-corrected chi connectivity index (χ2v) is 8.34. The summed E-state index contributed by atoms with van der Waals surface area (Å²) in [6.45, 7) is 4.29. The van der Waals surface area contributed by atoms with Gasteiger partial charge < -0.3 is 14.4 Å². The Balaban J connectivity index is 1.66. The van der Waals surface area contributed by atoms with Crippen LogP contribution >= 0.6 is 7.60 Å². The number of hydrogen-bond acceptors (Lipinski definition) is 6. The summed E-state index contributed by atoms with van der Waals surface area (Å²) in [5.41, 5.74) is 3.32. The maximum Gasteiger partial charge on any atom is 0.335 e. The predicted molar refractivity (Wildman–Crippen MR) is 106 cm³/mol. The fourth-order valence-corrected chi connectivity index (χ4v) is 4.78. The number of rotatable bonds is 8. The number of nitrogens with one attached hydrogen (secondary N) is 1. The van der Waals surface area contributed by atoms with Gasteiger partial charge in [0.25, 0.3) is 0 Å². The largest absolute Gasteiger partial charge is 0.335 e. The second-order valence-electron chi connectivity index (χ2n) is 6.29. The van der Waals surface area contributed by atoms with Crippen LogP contribution in [0.25, 0.3) is 0 Å². The van der Waals surface area contributed by atoms with Crippen molar-refractivity contribution in [2.45, 2.75) is 32.9 Å². The van der Waals surface area contributed by atoms with E-state index in [1.807, 2.05) is 36.7 Å². The molecule has 144 valence electrons. The SMILES string of the molecule is CCOP(=O)(Cc1ccc(N=CC2CC=NC3=C2NC(=O)C3)cc1)OCC. The highest BCUT2D eigenvalue weighted by atomic mass is 31.2. The van der Waals surface area contributed by atoms with E-state index in [-0.39, 0.29) is 18.0 Å². The van der Waals surface area contributed by atoms with Crippen LogP contribution in [-0.2, 0) is 24.6 Å². The zero-order valence-electron chi connectivity index (χ0n) is 15.6. The molecule has 1 unspecified atom stereocenters. The Hall–Kier alpha value is -2.08. The summed E-state index contributed by atoms with van der Waals surface area (Å²) in [6.07, 6.45) is 4.96. The monoisotopic (exact) mass is 389 g/mol. The van der Waals surface area contributed by atoms with Crippen LogP contribution in [0.3, 0.4) is 0 Å². The summed E-state index contributed by atoms with van der Waals surface area (Å²) in [5.74, 6) is 0.00887. The average Bonchev–Trinajstić information content (AvgIpc) is 3.02. The predicted octanol–water partition coefficient (Wildman–Crippen LogP) is 3.98.